The minimum absolute atomic E-state index is 0.113. The van der Waals surface area contributed by atoms with Gasteiger partial charge in [-0.2, -0.15) is 0 Å². The van der Waals surface area contributed by atoms with Gasteiger partial charge in [-0.05, 0) is 45.0 Å². The van der Waals surface area contributed by atoms with E-state index in [-0.39, 0.29) is 17.1 Å². The van der Waals surface area contributed by atoms with Crippen LogP contribution in [0.4, 0.5) is 0 Å². The summed E-state index contributed by atoms with van der Waals surface area (Å²) in [5.41, 5.74) is -1.41. The maximum absolute atomic E-state index is 12.2. The summed E-state index contributed by atoms with van der Waals surface area (Å²) in [6, 6.07) is 5.36. The molecule has 1 aromatic rings. The van der Waals surface area contributed by atoms with E-state index in [0.717, 1.165) is 0 Å². The van der Waals surface area contributed by atoms with Gasteiger partial charge in [0.15, 0.2) is 15.4 Å². The van der Waals surface area contributed by atoms with E-state index in [2.05, 4.69) is 5.32 Å². The topological polar surface area (TPSA) is 110 Å². The van der Waals surface area contributed by atoms with Gasteiger partial charge in [0.1, 0.15) is 0 Å². The van der Waals surface area contributed by atoms with Gasteiger partial charge in [-0.1, -0.05) is 0 Å². The second-order valence-electron chi connectivity index (χ2n) is 5.64. The number of rotatable bonds is 7. The molecule has 0 spiro atoms. The molecule has 0 saturated heterocycles. The standard InChI is InChI=1S/C15H21NO6S/c1-10(2)23(20,21)12-7-5-11(6-8-12)13(17)16-15(3,9-22-4)14(18)19/h5-8,10H,9H2,1-4H3,(H,16,17)(H,18,19). The zero-order valence-electron chi connectivity index (χ0n) is 13.5. The maximum Gasteiger partial charge on any atom is 0.331 e. The molecule has 1 rings (SSSR count). The van der Waals surface area contributed by atoms with Crippen molar-refractivity contribution in [2.75, 3.05) is 13.7 Å². The average Bonchev–Trinajstić information content (AvgIpc) is 2.47. The lowest BCUT2D eigenvalue weighted by Crippen LogP contribution is -2.55. The SMILES string of the molecule is COCC(C)(NC(=O)c1ccc(S(=O)(=O)C(C)C)cc1)C(=O)O. The van der Waals surface area contributed by atoms with Crippen molar-refractivity contribution >= 4 is 21.7 Å². The van der Waals surface area contributed by atoms with Crippen LogP contribution in [0.15, 0.2) is 29.2 Å². The van der Waals surface area contributed by atoms with Crippen molar-refractivity contribution in [3.05, 3.63) is 29.8 Å². The summed E-state index contributed by atoms with van der Waals surface area (Å²) in [6.45, 7) is 4.26. The number of benzene rings is 1. The number of carboxylic acid groups (broad SMARTS) is 1. The normalized spacial score (nSPS) is 14.3. The Morgan fingerprint density at radius 3 is 2.17 bits per heavy atom. The van der Waals surface area contributed by atoms with Crippen molar-refractivity contribution in [3.63, 3.8) is 0 Å². The van der Waals surface area contributed by atoms with Gasteiger partial charge in [0.05, 0.1) is 16.8 Å². The third kappa shape index (κ3) is 4.29. The molecule has 0 aliphatic carbocycles. The number of nitrogens with one attached hydrogen (secondary N) is 1. The summed E-state index contributed by atoms with van der Waals surface area (Å²) in [5.74, 6) is -1.85. The number of methoxy groups -OCH3 is 1. The first-order chi connectivity index (χ1) is 10.5. The number of carbonyl (C=O) groups excluding carboxylic acids is 1. The Kier molecular flexibility index (Phi) is 5.90. The largest absolute Gasteiger partial charge is 0.479 e. The molecule has 0 bridgehead atoms. The van der Waals surface area contributed by atoms with E-state index in [0.29, 0.717) is 0 Å². The van der Waals surface area contributed by atoms with Crippen LogP contribution in [-0.2, 0) is 19.4 Å². The van der Waals surface area contributed by atoms with Crippen LogP contribution >= 0.6 is 0 Å². The van der Waals surface area contributed by atoms with Crippen LogP contribution in [0, 0.1) is 0 Å². The van der Waals surface area contributed by atoms with Gasteiger partial charge in [0.25, 0.3) is 5.91 Å². The van der Waals surface area contributed by atoms with Crippen LogP contribution in [0.1, 0.15) is 31.1 Å². The number of aliphatic carboxylic acids is 1. The number of hydrogen-bond donors (Lipinski definition) is 2. The Hall–Kier alpha value is -1.93. The van der Waals surface area contributed by atoms with E-state index in [1.54, 1.807) is 13.8 Å². The Labute approximate surface area is 135 Å². The fourth-order valence-corrected chi connectivity index (χ4v) is 2.89. The molecular weight excluding hydrogens is 322 g/mol. The fraction of sp³-hybridized carbons (Fsp3) is 0.467. The lowest BCUT2D eigenvalue weighted by molar-refractivity contribution is -0.145. The molecule has 0 heterocycles. The summed E-state index contributed by atoms with van der Waals surface area (Å²) in [7, 11) is -2.09. The molecule has 0 aromatic heterocycles. The smallest absolute Gasteiger partial charge is 0.331 e. The Morgan fingerprint density at radius 1 is 1.26 bits per heavy atom. The van der Waals surface area contributed by atoms with E-state index in [1.807, 2.05) is 0 Å². The van der Waals surface area contributed by atoms with E-state index in [1.165, 1.54) is 38.3 Å². The molecule has 23 heavy (non-hydrogen) atoms. The summed E-state index contributed by atoms with van der Waals surface area (Å²) in [4.78, 5) is 23.5. The van der Waals surface area contributed by atoms with Gasteiger partial charge >= 0.3 is 5.97 Å². The van der Waals surface area contributed by atoms with Crippen molar-refractivity contribution in [3.8, 4) is 0 Å². The Morgan fingerprint density at radius 2 is 1.78 bits per heavy atom. The fourth-order valence-electron chi connectivity index (χ4n) is 1.83. The molecule has 0 radical (unpaired) electrons. The molecule has 0 saturated carbocycles. The van der Waals surface area contributed by atoms with Gasteiger partial charge in [0, 0.05) is 12.7 Å². The number of ether oxygens (including phenoxy) is 1. The number of amides is 1. The van der Waals surface area contributed by atoms with Gasteiger partial charge in [-0.25, -0.2) is 13.2 Å². The van der Waals surface area contributed by atoms with Crippen LogP contribution < -0.4 is 5.32 Å². The second kappa shape index (κ2) is 7.10. The maximum atomic E-state index is 12.2. The van der Waals surface area contributed by atoms with Crippen LogP contribution in [0.5, 0.6) is 0 Å². The van der Waals surface area contributed by atoms with Gasteiger partial charge in [0.2, 0.25) is 0 Å². The highest BCUT2D eigenvalue weighted by Crippen LogP contribution is 2.17. The summed E-state index contributed by atoms with van der Waals surface area (Å²) >= 11 is 0. The molecule has 8 heteroatoms. The van der Waals surface area contributed by atoms with Crippen LogP contribution in [0.25, 0.3) is 0 Å². The Balaban J connectivity index is 3.01. The minimum Gasteiger partial charge on any atom is -0.479 e. The summed E-state index contributed by atoms with van der Waals surface area (Å²) < 4.78 is 28.9. The third-order valence-corrected chi connectivity index (χ3v) is 5.53. The third-order valence-electron chi connectivity index (χ3n) is 3.36. The highest BCUT2D eigenvalue weighted by molar-refractivity contribution is 7.92. The lowest BCUT2D eigenvalue weighted by Gasteiger charge is -2.25. The minimum atomic E-state index is -3.42. The zero-order chi connectivity index (χ0) is 17.8. The first-order valence-corrected chi connectivity index (χ1v) is 8.48. The van der Waals surface area contributed by atoms with Crippen molar-refractivity contribution in [2.45, 2.75) is 36.5 Å². The summed E-state index contributed by atoms with van der Waals surface area (Å²) in [5, 5.41) is 11.0. The molecule has 7 nitrogen and oxygen atoms in total. The molecule has 128 valence electrons. The highest BCUT2D eigenvalue weighted by Gasteiger charge is 2.35. The molecule has 2 N–H and O–H groups in total. The van der Waals surface area contributed by atoms with Crippen molar-refractivity contribution < 1.29 is 27.9 Å². The molecule has 1 aromatic carbocycles. The number of carboxylic acids is 1. The monoisotopic (exact) mass is 343 g/mol. The van der Waals surface area contributed by atoms with Crippen molar-refractivity contribution in [2.24, 2.45) is 0 Å². The molecule has 1 atom stereocenters. The quantitative estimate of drug-likeness (QED) is 0.767. The van der Waals surface area contributed by atoms with E-state index >= 15 is 0 Å². The molecule has 0 aliphatic rings. The molecule has 1 amide bonds. The lowest BCUT2D eigenvalue weighted by atomic mass is 10.0. The summed E-state index contributed by atoms with van der Waals surface area (Å²) in [6.07, 6.45) is 0. The van der Waals surface area contributed by atoms with Gasteiger partial charge in [-0.15, -0.1) is 0 Å². The van der Waals surface area contributed by atoms with E-state index in [4.69, 9.17) is 4.74 Å². The van der Waals surface area contributed by atoms with Crippen molar-refractivity contribution in [1.29, 1.82) is 0 Å². The average molecular weight is 343 g/mol. The number of carbonyl (C=O) groups is 2. The van der Waals surface area contributed by atoms with Crippen LogP contribution in [-0.4, -0.2) is 49.9 Å². The molecule has 1 unspecified atom stereocenters. The number of hydrogen-bond acceptors (Lipinski definition) is 5. The predicted molar refractivity (Wildman–Crippen MR) is 84.1 cm³/mol. The number of sulfone groups is 1. The Bertz CT molecular complexity index is 680. The van der Waals surface area contributed by atoms with Crippen LogP contribution in [0.3, 0.4) is 0 Å². The molecule has 0 fully saturated rings. The first kappa shape index (κ1) is 19.1. The van der Waals surface area contributed by atoms with Crippen LogP contribution in [0.2, 0.25) is 0 Å². The van der Waals surface area contributed by atoms with Crippen molar-refractivity contribution in [1.82, 2.24) is 5.32 Å². The molecule has 0 aliphatic heterocycles. The predicted octanol–water partition coefficient (Wildman–Crippen LogP) is 1.09. The van der Waals surface area contributed by atoms with E-state index in [9.17, 15) is 23.1 Å². The van der Waals surface area contributed by atoms with Gasteiger partial charge < -0.3 is 15.2 Å². The van der Waals surface area contributed by atoms with Gasteiger partial charge in [-0.3, -0.25) is 4.79 Å². The zero-order valence-corrected chi connectivity index (χ0v) is 14.3. The first-order valence-electron chi connectivity index (χ1n) is 6.93. The van der Waals surface area contributed by atoms with E-state index < -0.39 is 32.5 Å². The second-order valence-corrected chi connectivity index (χ2v) is 8.15. The highest BCUT2D eigenvalue weighted by atomic mass is 32.2. The molecular formula is C15H21NO6S.